The number of likely N-dealkylation sites (N-methyl/N-ethyl adjacent to an activating group) is 1. The molecule has 0 aliphatic rings. The van der Waals surface area contributed by atoms with E-state index in [1.54, 1.807) is 36.4 Å². The van der Waals surface area contributed by atoms with Gasteiger partial charge < -0.3 is 10.2 Å². The van der Waals surface area contributed by atoms with Gasteiger partial charge in [-0.25, -0.2) is 8.42 Å². The molecule has 0 saturated carbocycles. The first-order valence-corrected chi connectivity index (χ1v) is 16.3. The highest BCUT2D eigenvalue weighted by Gasteiger charge is 2.34. The zero-order valence-electron chi connectivity index (χ0n) is 24.5. The first kappa shape index (κ1) is 32.0. The third kappa shape index (κ3) is 8.33. The summed E-state index contributed by atoms with van der Waals surface area (Å²) in [6.07, 6.45) is 0.270. The molecule has 0 fully saturated rings. The molecule has 0 radical (unpaired) electrons. The van der Waals surface area contributed by atoms with Crippen LogP contribution in [0, 0.1) is 13.8 Å². The number of halogens is 1. The monoisotopic (exact) mass is 661 g/mol. The lowest BCUT2D eigenvalue weighted by atomic mass is 10.0. The molecule has 0 heterocycles. The molecule has 0 unspecified atom stereocenters. The number of sulfonamides is 1. The molecular formula is C34H36BrN3O4S. The van der Waals surface area contributed by atoms with Gasteiger partial charge in [-0.3, -0.25) is 13.9 Å². The fraction of sp³-hybridized carbons (Fsp3) is 0.235. The Labute approximate surface area is 262 Å². The van der Waals surface area contributed by atoms with Gasteiger partial charge >= 0.3 is 0 Å². The molecule has 0 aliphatic carbocycles. The molecular weight excluding hydrogens is 626 g/mol. The maximum Gasteiger partial charge on any atom is 0.264 e. The molecule has 4 rings (SSSR count). The number of rotatable bonds is 12. The highest BCUT2D eigenvalue weighted by Crippen LogP contribution is 2.27. The average Bonchev–Trinajstić information content (AvgIpc) is 2.99. The first-order valence-electron chi connectivity index (χ1n) is 14.1. The number of aryl methyl sites for hydroxylation is 2. The van der Waals surface area contributed by atoms with Crippen molar-refractivity contribution in [3.63, 3.8) is 0 Å². The third-order valence-electron chi connectivity index (χ3n) is 7.08. The van der Waals surface area contributed by atoms with Crippen LogP contribution in [0.25, 0.3) is 0 Å². The molecule has 4 aromatic rings. The quantitative estimate of drug-likeness (QED) is 0.201. The van der Waals surface area contributed by atoms with Crippen LogP contribution < -0.4 is 9.62 Å². The molecule has 0 saturated heterocycles. The van der Waals surface area contributed by atoms with Gasteiger partial charge in [0.15, 0.2) is 0 Å². The molecule has 1 N–H and O–H groups in total. The van der Waals surface area contributed by atoms with Crippen molar-refractivity contribution in [1.29, 1.82) is 0 Å². The second-order valence-corrected chi connectivity index (χ2v) is 13.2. The summed E-state index contributed by atoms with van der Waals surface area (Å²) in [5.74, 6) is -0.800. The summed E-state index contributed by atoms with van der Waals surface area (Å²) in [5, 5.41) is 2.88. The number of benzene rings is 4. The number of carbonyl (C=O) groups excluding carboxylic acids is 2. The number of amides is 2. The van der Waals surface area contributed by atoms with Crippen molar-refractivity contribution in [3.8, 4) is 0 Å². The zero-order chi connectivity index (χ0) is 31.0. The maximum atomic E-state index is 14.4. The Balaban J connectivity index is 1.79. The number of nitrogens with zero attached hydrogens (tertiary/aromatic N) is 2. The van der Waals surface area contributed by atoms with Crippen molar-refractivity contribution in [2.24, 2.45) is 0 Å². The fourth-order valence-corrected chi connectivity index (χ4v) is 6.53. The summed E-state index contributed by atoms with van der Waals surface area (Å²) in [7, 11) is -4.15. The van der Waals surface area contributed by atoms with Crippen LogP contribution in [0.1, 0.15) is 29.2 Å². The van der Waals surface area contributed by atoms with Crippen molar-refractivity contribution < 1.29 is 18.0 Å². The Morgan fingerprint density at radius 2 is 1.44 bits per heavy atom. The summed E-state index contributed by atoms with van der Waals surface area (Å²) in [5.41, 5.74) is 4.03. The first-order chi connectivity index (χ1) is 20.6. The average molecular weight is 663 g/mol. The molecule has 4 aromatic carbocycles. The van der Waals surface area contributed by atoms with Crippen LogP contribution in [-0.2, 0) is 32.6 Å². The van der Waals surface area contributed by atoms with E-state index in [9.17, 15) is 18.0 Å². The molecule has 224 valence electrons. The van der Waals surface area contributed by atoms with Crippen LogP contribution >= 0.6 is 15.9 Å². The Morgan fingerprint density at radius 1 is 0.814 bits per heavy atom. The van der Waals surface area contributed by atoms with E-state index in [2.05, 4.69) is 21.2 Å². The van der Waals surface area contributed by atoms with Crippen LogP contribution in [0.5, 0.6) is 0 Å². The highest BCUT2D eigenvalue weighted by atomic mass is 79.9. The van der Waals surface area contributed by atoms with Gasteiger partial charge in [0.1, 0.15) is 12.6 Å². The molecule has 9 heteroatoms. The standard InChI is InChI=1S/C34H36BrN3O4S/c1-4-36-34(40)32(21-27-9-6-5-7-10-27)37(23-28-17-13-25(2)14-18-28)33(39)24-38(30-12-8-11-29(35)22-30)43(41,42)31-19-15-26(3)16-20-31/h5-20,22,32H,4,21,23-24H2,1-3H3,(H,36,40)/t32-/m0/s1. The normalized spacial score (nSPS) is 11.9. The highest BCUT2D eigenvalue weighted by molar-refractivity contribution is 9.10. The second-order valence-electron chi connectivity index (χ2n) is 10.4. The summed E-state index contributed by atoms with van der Waals surface area (Å²) < 4.78 is 29.9. The zero-order valence-corrected chi connectivity index (χ0v) is 26.9. The van der Waals surface area contributed by atoms with Crippen LogP contribution in [0.3, 0.4) is 0 Å². The smallest absolute Gasteiger partial charge is 0.264 e. The Hall–Kier alpha value is -3.95. The van der Waals surface area contributed by atoms with Gasteiger partial charge in [0.2, 0.25) is 11.8 Å². The van der Waals surface area contributed by atoms with Gasteiger partial charge in [-0.05, 0) is 62.2 Å². The summed E-state index contributed by atoms with van der Waals surface area (Å²) >= 11 is 3.44. The molecule has 0 aliphatic heterocycles. The van der Waals surface area contributed by atoms with Crippen LogP contribution in [0.2, 0.25) is 0 Å². The molecule has 0 bridgehead atoms. The van der Waals surface area contributed by atoms with Crippen molar-refractivity contribution >= 4 is 43.5 Å². The molecule has 0 aromatic heterocycles. The number of nitrogens with one attached hydrogen (secondary N) is 1. The Kier molecular flexibility index (Phi) is 10.8. The van der Waals surface area contributed by atoms with Gasteiger partial charge in [-0.1, -0.05) is 99.9 Å². The van der Waals surface area contributed by atoms with Gasteiger partial charge in [-0.15, -0.1) is 0 Å². The van der Waals surface area contributed by atoms with Crippen molar-refractivity contribution in [2.45, 2.75) is 44.7 Å². The molecule has 7 nitrogen and oxygen atoms in total. The summed E-state index contributed by atoms with van der Waals surface area (Å²) in [4.78, 5) is 29.5. The molecule has 43 heavy (non-hydrogen) atoms. The lowest BCUT2D eigenvalue weighted by Gasteiger charge is -2.34. The molecule has 1 atom stereocenters. The lowest BCUT2D eigenvalue weighted by molar-refractivity contribution is -0.140. The second kappa shape index (κ2) is 14.5. The number of carbonyl (C=O) groups is 2. The predicted molar refractivity (Wildman–Crippen MR) is 174 cm³/mol. The van der Waals surface area contributed by atoms with Gasteiger partial charge in [0.25, 0.3) is 10.0 Å². The van der Waals surface area contributed by atoms with Gasteiger partial charge in [0, 0.05) is 24.0 Å². The molecule has 2 amide bonds. The van der Waals surface area contributed by atoms with E-state index in [1.165, 1.54) is 17.0 Å². The number of anilines is 1. The van der Waals surface area contributed by atoms with Gasteiger partial charge in [0.05, 0.1) is 10.6 Å². The SMILES string of the molecule is CCNC(=O)[C@H](Cc1ccccc1)N(Cc1ccc(C)cc1)C(=O)CN(c1cccc(Br)c1)S(=O)(=O)c1ccc(C)cc1. The van der Waals surface area contributed by atoms with E-state index >= 15 is 0 Å². The molecule has 0 spiro atoms. The van der Waals surface area contributed by atoms with E-state index in [4.69, 9.17) is 0 Å². The minimum absolute atomic E-state index is 0.0699. The fourth-order valence-electron chi connectivity index (χ4n) is 4.73. The lowest BCUT2D eigenvalue weighted by Crippen LogP contribution is -2.53. The summed E-state index contributed by atoms with van der Waals surface area (Å²) in [6, 6.07) is 29.7. The van der Waals surface area contributed by atoms with Crippen LogP contribution in [-0.4, -0.2) is 44.3 Å². The Bertz CT molecular complexity index is 1640. The maximum absolute atomic E-state index is 14.4. The van der Waals surface area contributed by atoms with Crippen LogP contribution in [0.4, 0.5) is 5.69 Å². The van der Waals surface area contributed by atoms with E-state index in [-0.39, 0.29) is 23.8 Å². The van der Waals surface area contributed by atoms with E-state index in [1.807, 2.05) is 75.4 Å². The van der Waals surface area contributed by atoms with Crippen molar-refractivity contribution in [2.75, 3.05) is 17.4 Å². The minimum Gasteiger partial charge on any atom is -0.355 e. The number of hydrogen-bond acceptors (Lipinski definition) is 4. The van der Waals surface area contributed by atoms with E-state index in [0.29, 0.717) is 16.7 Å². The largest absolute Gasteiger partial charge is 0.355 e. The minimum atomic E-state index is -4.15. The van der Waals surface area contributed by atoms with Crippen LogP contribution in [0.15, 0.2) is 112 Å². The Morgan fingerprint density at radius 3 is 2.05 bits per heavy atom. The van der Waals surface area contributed by atoms with Gasteiger partial charge in [-0.2, -0.15) is 0 Å². The van der Waals surface area contributed by atoms with Crippen molar-refractivity contribution in [3.05, 3.63) is 130 Å². The third-order valence-corrected chi connectivity index (χ3v) is 9.36. The summed E-state index contributed by atoms with van der Waals surface area (Å²) in [6.45, 7) is 5.71. The van der Waals surface area contributed by atoms with Crippen molar-refractivity contribution in [1.82, 2.24) is 10.2 Å². The van der Waals surface area contributed by atoms with E-state index < -0.39 is 28.5 Å². The predicted octanol–water partition coefficient (Wildman–Crippen LogP) is 6.04. The van der Waals surface area contributed by atoms with E-state index in [0.717, 1.165) is 26.6 Å². The topological polar surface area (TPSA) is 86.8 Å². The number of hydrogen-bond donors (Lipinski definition) is 1.